The molecule has 0 spiro atoms. The zero-order chi connectivity index (χ0) is 10.9. The molecule has 0 unspecified atom stereocenters. The van der Waals surface area contributed by atoms with Gasteiger partial charge in [0.15, 0.2) is 0 Å². The van der Waals surface area contributed by atoms with Crippen molar-refractivity contribution in [3.8, 4) is 0 Å². The SMILES string of the molecule is O=S1(=O)CCCN1Cc1cccc(Cl)n1. The maximum Gasteiger partial charge on any atom is 0.214 e. The summed E-state index contributed by atoms with van der Waals surface area (Å²) in [5, 5.41) is 0.393. The monoisotopic (exact) mass is 246 g/mol. The molecule has 2 rings (SSSR count). The third kappa shape index (κ3) is 2.48. The summed E-state index contributed by atoms with van der Waals surface area (Å²) in [6.07, 6.45) is 0.697. The highest BCUT2D eigenvalue weighted by molar-refractivity contribution is 7.89. The maximum atomic E-state index is 11.5. The van der Waals surface area contributed by atoms with Crippen molar-refractivity contribution < 1.29 is 8.42 Å². The zero-order valence-electron chi connectivity index (χ0n) is 8.06. The number of nitrogens with zero attached hydrogens (tertiary/aromatic N) is 2. The first-order chi connectivity index (χ1) is 7.08. The second kappa shape index (κ2) is 4.08. The molecule has 0 saturated carbocycles. The normalized spacial score (nSPS) is 20.6. The Morgan fingerprint density at radius 3 is 2.87 bits per heavy atom. The Morgan fingerprint density at radius 1 is 1.47 bits per heavy atom. The molecule has 0 aliphatic carbocycles. The standard InChI is InChI=1S/C9H11ClN2O2S/c10-9-4-1-3-8(11-9)7-12-5-2-6-15(12,13)14/h1,3-4H,2,5-7H2. The Balaban J connectivity index is 2.16. The summed E-state index contributed by atoms with van der Waals surface area (Å²) < 4.78 is 24.5. The molecule has 2 heterocycles. The molecule has 1 aliphatic rings. The number of aromatic nitrogens is 1. The van der Waals surface area contributed by atoms with Gasteiger partial charge in [0.2, 0.25) is 10.0 Å². The van der Waals surface area contributed by atoms with E-state index in [2.05, 4.69) is 4.98 Å². The Bertz CT molecular complexity index is 461. The van der Waals surface area contributed by atoms with Crippen LogP contribution in [0.15, 0.2) is 18.2 Å². The van der Waals surface area contributed by atoms with E-state index in [0.29, 0.717) is 30.4 Å². The van der Waals surface area contributed by atoms with E-state index in [1.54, 1.807) is 18.2 Å². The van der Waals surface area contributed by atoms with E-state index < -0.39 is 10.0 Å². The average Bonchev–Trinajstić information content (AvgIpc) is 2.46. The van der Waals surface area contributed by atoms with Crippen molar-refractivity contribution >= 4 is 21.6 Å². The van der Waals surface area contributed by atoms with Gasteiger partial charge in [-0.05, 0) is 18.6 Å². The van der Waals surface area contributed by atoms with E-state index in [0.717, 1.165) is 0 Å². The van der Waals surface area contributed by atoms with Crippen LogP contribution in [0.25, 0.3) is 0 Å². The molecule has 0 amide bonds. The van der Waals surface area contributed by atoms with Crippen molar-refractivity contribution in [2.24, 2.45) is 0 Å². The molecule has 1 aromatic heterocycles. The van der Waals surface area contributed by atoms with Gasteiger partial charge in [0.25, 0.3) is 0 Å². The lowest BCUT2D eigenvalue weighted by Gasteiger charge is -2.13. The van der Waals surface area contributed by atoms with Gasteiger partial charge in [-0.15, -0.1) is 0 Å². The predicted octanol–water partition coefficient (Wildman–Crippen LogP) is 1.27. The van der Waals surface area contributed by atoms with Gasteiger partial charge in [0, 0.05) is 6.54 Å². The Hall–Kier alpha value is -0.650. The van der Waals surface area contributed by atoms with Gasteiger partial charge in [-0.3, -0.25) is 0 Å². The molecule has 1 aliphatic heterocycles. The van der Waals surface area contributed by atoms with Gasteiger partial charge < -0.3 is 0 Å². The topological polar surface area (TPSA) is 50.3 Å². The zero-order valence-corrected chi connectivity index (χ0v) is 9.63. The first-order valence-corrected chi connectivity index (χ1v) is 6.66. The average molecular weight is 247 g/mol. The second-order valence-electron chi connectivity index (χ2n) is 3.45. The van der Waals surface area contributed by atoms with Gasteiger partial charge in [0.1, 0.15) is 5.15 Å². The first-order valence-electron chi connectivity index (χ1n) is 4.67. The molecule has 82 valence electrons. The second-order valence-corrected chi connectivity index (χ2v) is 5.93. The van der Waals surface area contributed by atoms with Crippen LogP contribution in [0.2, 0.25) is 5.15 Å². The molecule has 1 fully saturated rings. The minimum atomic E-state index is -3.05. The number of pyridine rings is 1. The Kier molecular flexibility index (Phi) is 2.95. The van der Waals surface area contributed by atoms with Crippen molar-refractivity contribution in [2.75, 3.05) is 12.3 Å². The van der Waals surface area contributed by atoms with Crippen molar-refractivity contribution in [2.45, 2.75) is 13.0 Å². The fourth-order valence-corrected chi connectivity index (χ4v) is 3.26. The van der Waals surface area contributed by atoms with Gasteiger partial charge >= 0.3 is 0 Å². The lowest BCUT2D eigenvalue weighted by atomic mass is 10.3. The van der Waals surface area contributed by atoms with Crippen LogP contribution >= 0.6 is 11.6 Å². The van der Waals surface area contributed by atoms with Crippen LogP contribution in [-0.2, 0) is 16.6 Å². The minimum absolute atomic E-state index is 0.244. The molecule has 0 N–H and O–H groups in total. The van der Waals surface area contributed by atoms with Gasteiger partial charge in [-0.1, -0.05) is 17.7 Å². The molecule has 0 atom stereocenters. The van der Waals surface area contributed by atoms with Crippen LogP contribution in [0.3, 0.4) is 0 Å². The molecule has 6 heteroatoms. The number of hydrogen-bond acceptors (Lipinski definition) is 3. The van der Waals surface area contributed by atoms with E-state index >= 15 is 0 Å². The van der Waals surface area contributed by atoms with Crippen LogP contribution in [-0.4, -0.2) is 30.0 Å². The molecule has 0 bridgehead atoms. The predicted molar refractivity (Wildman–Crippen MR) is 58.1 cm³/mol. The summed E-state index contributed by atoms with van der Waals surface area (Å²) >= 11 is 5.72. The summed E-state index contributed by atoms with van der Waals surface area (Å²) in [6, 6.07) is 5.22. The largest absolute Gasteiger partial charge is 0.240 e. The van der Waals surface area contributed by atoms with Gasteiger partial charge in [-0.2, -0.15) is 4.31 Å². The molecule has 0 aromatic carbocycles. The summed E-state index contributed by atoms with van der Waals surface area (Å²) in [5.74, 6) is 0.244. The Morgan fingerprint density at radius 2 is 2.27 bits per heavy atom. The van der Waals surface area contributed by atoms with Crippen LogP contribution in [0.4, 0.5) is 0 Å². The van der Waals surface area contributed by atoms with Crippen molar-refractivity contribution in [3.63, 3.8) is 0 Å². The highest BCUT2D eigenvalue weighted by Crippen LogP contribution is 2.17. The molecule has 4 nitrogen and oxygen atoms in total. The molecular formula is C9H11ClN2O2S. The van der Waals surface area contributed by atoms with E-state index in [1.165, 1.54) is 4.31 Å². The lowest BCUT2D eigenvalue weighted by molar-refractivity contribution is 0.435. The molecule has 0 radical (unpaired) electrons. The maximum absolute atomic E-state index is 11.5. The first kappa shape index (κ1) is 10.9. The lowest BCUT2D eigenvalue weighted by Crippen LogP contribution is -2.25. The van der Waals surface area contributed by atoms with E-state index in [1.807, 2.05) is 0 Å². The van der Waals surface area contributed by atoms with Crippen molar-refractivity contribution in [1.82, 2.24) is 9.29 Å². The highest BCUT2D eigenvalue weighted by atomic mass is 35.5. The number of hydrogen-bond donors (Lipinski definition) is 0. The van der Waals surface area contributed by atoms with Crippen LogP contribution in [0.5, 0.6) is 0 Å². The van der Waals surface area contributed by atoms with Crippen molar-refractivity contribution in [3.05, 3.63) is 29.0 Å². The van der Waals surface area contributed by atoms with Gasteiger partial charge in [0.05, 0.1) is 18.0 Å². The molecule has 1 aromatic rings. The molecule has 1 saturated heterocycles. The smallest absolute Gasteiger partial charge is 0.214 e. The van der Waals surface area contributed by atoms with Crippen LogP contribution in [0.1, 0.15) is 12.1 Å². The fourth-order valence-electron chi connectivity index (χ4n) is 1.59. The molecular weight excluding hydrogens is 236 g/mol. The van der Waals surface area contributed by atoms with Crippen LogP contribution in [0, 0.1) is 0 Å². The summed E-state index contributed by atoms with van der Waals surface area (Å²) in [6.45, 7) is 0.902. The number of rotatable bonds is 2. The number of halogens is 1. The highest BCUT2D eigenvalue weighted by Gasteiger charge is 2.28. The van der Waals surface area contributed by atoms with E-state index in [4.69, 9.17) is 11.6 Å². The molecule has 15 heavy (non-hydrogen) atoms. The third-order valence-corrected chi connectivity index (χ3v) is 4.43. The fraction of sp³-hybridized carbons (Fsp3) is 0.444. The third-order valence-electron chi connectivity index (χ3n) is 2.31. The summed E-state index contributed by atoms with van der Waals surface area (Å²) in [7, 11) is -3.05. The quantitative estimate of drug-likeness (QED) is 0.739. The summed E-state index contributed by atoms with van der Waals surface area (Å²) in [4.78, 5) is 4.06. The minimum Gasteiger partial charge on any atom is -0.240 e. The van der Waals surface area contributed by atoms with Crippen molar-refractivity contribution in [1.29, 1.82) is 0 Å². The van der Waals surface area contributed by atoms with E-state index in [9.17, 15) is 8.42 Å². The number of sulfonamides is 1. The summed E-state index contributed by atoms with van der Waals surface area (Å²) in [5.41, 5.74) is 0.688. The van der Waals surface area contributed by atoms with E-state index in [-0.39, 0.29) is 5.75 Å². The van der Waals surface area contributed by atoms with Gasteiger partial charge in [-0.25, -0.2) is 13.4 Å². The van der Waals surface area contributed by atoms with Crippen LogP contribution < -0.4 is 0 Å². The Labute approximate surface area is 93.9 Å².